The number of nitrogens with two attached hydrogens (primary N) is 3. The zero-order valence-corrected chi connectivity index (χ0v) is 7.91. The Hall–Kier alpha value is -2.71. The normalized spacial score (nSPS) is 10.5. The summed E-state index contributed by atoms with van der Waals surface area (Å²) in [5.41, 5.74) is 15.5. The lowest BCUT2D eigenvalue weighted by Crippen LogP contribution is -2.16. The zero-order valence-electron chi connectivity index (χ0n) is 7.91. The van der Waals surface area contributed by atoms with Gasteiger partial charge in [-0.05, 0) is 0 Å². The van der Waals surface area contributed by atoms with E-state index < -0.39 is 11.8 Å². The topological polar surface area (TPSA) is 155 Å². The van der Waals surface area contributed by atoms with E-state index in [0.29, 0.717) is 0 Å². The minimum Gasteiger partial charge on any atom is -0.369 e. The van der Waals surface area contributed by atoms with Gasteiger partial charge >= 0.3 is 0 Å². The van der Waals surface area contributed by atoms with Crippen molar-refractivity contribution >= 4 is 23.4 Å². The molecule has 0 spiro atoms. The van der Waals surface area contributed by atoms with Crippen LogP contribution in [0.5, 0.6) is 0 Å². The fourth-order valence-electron chi connectivity index (χ4n) is 1.19. The number of hydrogen-bond donors (Lipinski definition) is 3. The van der Waals surface area contributed by atoms with Gasteiger partial charge < -0.3 is 17.2 Å². The summed E-state index contributed by atoms with van der Waals surface area (Å²) in [5.74, 6) is -1.57. The van der Waals surface area contributed by atoms with Gasteiger partial charge in [0.2, 0.25) is 5.95 Å². The van der Waals surface area contributed by atoms with Gasteiger partial charge in [-0.1, -0.05) is 0 Å². The van der Waals surface area contributed by atoms with Crippen LogP contribution in [-0.4, -0.2) is 31.4 Å². The van der Waals surface area contributed by atoms with Crippen LogP contribution < -0.4 is 17.2 Å². The number of rotatable bonds is 2. The highest BCUT2D eigenvalue weighted by molar-refractivity contribution is 5.97. The van der Waals surface area contributed by atoms with E-state index in [4.69, 9.17) is 17.2 Å². The van der Waals surface area contributed by atoms with Crippen molar-refractivity contribution in [2.45, 2.75) is 0 Å². The van der Waals surface area contributed by atoms with Gasteiger partial charge in [-0.25, -0.2) is 4.98 Å². The Morgan fingerprint density at radius 1 is 1.19 bits per heavy atom. The highest BCUT2D eigenvalue weighted by atomic mass is 16.1. The first-order valence-corrected chi connectivity index (χ1v) is 4.11. The molecule has 9 heteroatoms. The third-order valence-electron chi connectivity index (χ3n) is 1.90. The molecule has 2 heterocycles. The first-order chi connectivity index (χ1) is 7.50. The van der Waals surface area contributed by atoms with E-state index in [2.05, 4.69) is 15.2 Å². The number of primary amides is 2. The quantitative estimate of drug-likeness (QED) is 0.527. The van der Waals surface area contributed by atoms with E-state index in [9.17, 15) is 9.59 Å². The van der Waals surface area contributed by atoms with Gasteiger partial charge in [0.25, 0.3) is 11.8 Å². The van der Waals surface area contributed by atoms with E-state index in [-0.39, 0.29) is 23.0 Å². The molecule has 82 valence electrons. The van der Waals surface area contributed by atoms with E-state index in [1.54, 1.807) is 0 Å². The maximum absolute atomic E-state index is 11.0. The Bertz CT molecular complexity index is 602. The molecule has 2 aromatic rings. The van der Waals surface area contributed by atoms with Crippen LogP contribution in [0.2, 0.25) is 0 Å². The smallest absolute Gasteiger partial charge is 0.271 e. The van der Waals surface area contributed by atoms with Crippen LogP contribution in [0, 0.1) is 0 Å². The molecule has 0 aliphatic carbocycles. The van der Waals surface area contributed by atoms with Crippen molar-refractivity contribution in [2.24, 2.45) is 11.5 Å². The minimum atomic E-state index is -0.782. The molecular weight excluding hydrogens is 214 g/mol. The molecule has 0 unspecified atom stereocenters. The molecule has 0 bridgehead atoms. The fourth-order valence-corrected chi connectivity index (χ4v) is 1.19. The molecule has 0 aromatic carbocycles. The standard InChI is InChI=1S/C7H7N7O2/c8-4(15)2-1-14-6(13-12-2)3(5(9)16)11-7(14)10/h1H,(H2,8,15)(H2,9,16)(H2,10,11). The molecule has 0 fully saturated rings. The van der Waals surface area contributed by atoms with Crippen molar-refractivity contribution in [3.8, 4) is 0 Å². The number of aromatic nitrogens is 4. The average molecular weight is 221 g/mol. The van der Waals surface area contributed by atoms with Gasteiger partial charge in [-0.15, -0.1) is 10.2 Å². The van der Waals surface area contributed by atoms with Crippen LogP contribution >= 0.6 is 0 Å². The molecule has 9 nitrogen and oxygen atoms in total. The third kappa shape index (κ3) is 1.30. The van der Waals surface area contributed by atoms with Crippen molar-refractivity contribution in [3.05, 3.63) is 17.6 Å². The summed E-state index contributed by atoms with van der Waals surface area (Å²) < 4.78 is 1.22. The SMILES string of the molecule is NC(=O)c1cn2c(N)nc(C(N)=O)c2nn1. The second-order valence-electron chi connectivity index (χ2n) is 2.96. The Morgan fingerprint density at radius 2 is 1.88 bits per heavy atom. The van der Waals surface area contributed by atoms with Crippen molar-refractivity contribution in [2.75, 3.05) is 5.73 Å². The number of carbonyl (C=O) groups excluding carboxylic acids is 2. The molecule has 2 rings (SSSR count). The number of nitrogens with zero attached hydrogens (tertiary/aromatic N) is 4. The average Bonchev–Trinajstić information content (AvgIpc) is 2.56. The summed E-state index contributed by atoms with van der Waals surface area (Å²) in [4.78, 5) is 25.5. The zero-order chi connectivity index (χ0) is 11.9. The van der Waals surface area contributed by atoms with Gasteiger partial charge in [-0.3, -0.25) is 14.0 Å². The van der Waals surface area contributed by atoms with Gasteiger partial charge in [0, 0.05) is 6.20 Å². The van der Waals surface area contributed by atoms with Crippen LogP contribution in [0.4, 0.5) is 5.95 Å². The molecule has 0 radical (unpaired) electrons. The van der Waals surface area contributed by atoms with Gasteiger partial charge in [0.1, 0.15) is 0 Å². The predicted molar refractivity (Wildman–Crippen MR) is 52.2 cm³/mol. The highest BCUT2D eigenvalue weighted by Gasteiger charge is 2.16. The number of anilines is 1. The number of nitrogen functional groups attached to an aromatic ring is 1. The van der Waals surface area contributed by atoms with Crippen LogP contribution in [0.3, 0.4) is 0 Å². The number of imidazole rings is 1. The van der Waals surface area contributed by atoms with Gasteiger partial charge in [0.15, 0.2) is 17.0 Å². The Kier molecular flexibility index (Phi) is 1.94. The Morgan fingerprint density at radius 3 is 2.44 bits per heavy atom. The maximum atomic E-state index is 11.0. The van der Waals surface area contributed by atoms with E-state index >= 15 is 0 Å². The predicted octanol–water partition coefficient (Wildman–Crippen LogP) is -2.10. The molecular formula is C7H7N7O2. The first kappa shape index (κ1) is 9.83. The van der Waals surface area contributed by atoms with E-state index in [1.165, 1.54) is 10.6 Å². The number of hydrogen-bond acceptors (Lipinski definition) is 6. The monoisotopic (exact) mass is 221 g/mol. The Balaban J connectivity index is 2.76. The van der Waals surface area contributed by atoms with Crippen LogP contribution in [0.25, 0.3) is 5.65 Å². The summed E-state index contributed by atoms with van der Waals surface area (Å²) in [6, 6.07) is 0. The lowest BCUT2D eigenvalue weighted by molar-refractivity contribution is 0.0989. The van der Waals surface area contributed by atoms with Crippen molar-refractivity contribution in [1.29, 1.82) is 0 Å². The number of fused-ring (bicyclic) bond motifs is 1. The lowest BCUT2D eigenvalue weighted by atomic mass is 10.4. The molecule has 16 heavy (non-hydrogen) atoms. The molecule has 0 atom stereocenters. The summed E-state index contributed by atoms with van der Waals surface area (Å²) in [6.45, 7) is 0. The Labute approximate surface area is 88.2 Å². The molecule has 0 saturated carbocycles. The first-order valence-electron chi connectivity index (χ1n) is 4.11. The summed E-state index contributed by atoms with van der Waals surface area (Å²) in [5, 5.41) is 7.13. The number of amides is 2. The molecule has 0 aliphatic rings. The van der Waals surface area contributed by atoms with Crippen molar-refractivity contribution in [1.82, 2.24) is 19.6 Å². The third-order valence-corrected chi connectivity index (χ3v) is 1.90. The van der Waals surface area contributed by atoms with Crippen LogP contribution in [0.1, 0.15) is 21.0 Å². The van der Waals surface area contributed by atoms with Crippen molar-refractivity contribution < 1.29 is 9.59 Å². The fraction of sp³-hybridized carbons (Fsp3) is 0. The molecule has 2 amide bonds. The van der Waals surface area contributed by atoms with E-state index in [1.807, 2.05) is 0 Å². The maximum Gasteiger partial charge on any atom is 0.271 e. The second-order valence-corrected chi connectivity index (χ2v) is 2.96. The lowest BCUT2D eigenvalue weighted by Gasteiger charge is -1.97. The molecule has 0 saturated heterocycles. The number of carbonyl (C=O) groups is 2. The van der Waals surface area contributed by atoms with Gasteiger partial charge in [-0.2, -0.15) is 0 Å². The minimum absolute atomic E-state index is 0.0267. The second kappa shape index (κ2) is 3.15. The van der Waals surface area contributed by atoms with E-state index in [0.717, 1.165) is 0 Å². The summed E-state index contributed by atoms with van der Waals surface area (Å²) >= 11 is 0. The van der Waals surface area contributed by atoms with Crippen LogP contribution in [0.15, 0.2) is 6.20 Å². The van der Waals surface area contributed by atoms with Gasteiger partial charge in [0.05, 0.1) is 0 Å². The van der Waals surface area contributed by atoms with Crippen LogP contribution in [-0.2, 0) is 0 Å². The summed E-state index contributed by atoms with van der Waals surface area (Å²) in [6.07, 6.45) is 1.24. The van der Waals surface area contributed by atoms with Crippen molar-refractivity contribution in [3.63, 3.8) is 0 Å². The summed E-state index contributed by atoms with van der Waals surface area (Å²) in [7, 11) is 0. The molecule has 6 N–H and O–H groups in total. The molecule has 2 aromatic heterocycles. The highest BCUT2D eigenvalue weighted by Crippen LogP contribution is 2.11. The molecule has 0 aliphatic heterocycles. The largest absolute Gasteiger partial charge is 0.369 e.